The SMILES string of the molecule is CNc1nc(Cl)nc2c1n(C)c(=N)n2Cc1ccc(-c2nc(C(F)(F)F)cn2C)cc1. The summed E-state index contributed by atoms with van der Waals surface area (Å²) in [7, 11) is 4.97. The Morgan fingerprint density at radius 3 is 2.35 bits per heavy atom. The molecule has 4 aromatic rings. The standard InChI is InChI=1S/C19H18ClF3N8/c1-25-14-13-16(28-17(20)27-14)31(18(24)30(13)3)8-10-4-6-11(7-5-10)15-26-12(9-29(15)2)19(21,22)23/h4-7,9,24H,8H2,1-3H3,(H,25,27,28). The fourth-order valence-corrected chi connectivity index (χ4v) is 3.60. The Hall–Kier alpha value is -3.34. The molecule has 0 spiro atoms. The molecule has 0 aliphatic carbocycles. The maximum atomic E-state index is 12.9. The van der Waals surface area contributed by atoms with Gasteiger partial charge in [0.15, 0.2) is 17.2 Å². The van der Waals surface area contributed by atoms with Crippen LogP contribution in [0.3, 0.4) is 0 Å². The number of anilines is 1. The van der Waals surface area contributed by atoms with E-state index >= 15 is 0 Å². The van der Waals surface area contributed by atoms with Gasteiger partial charge >= 0.3 is 6.18 Å². The van der Waals surface area contributed by atoms with Crippen LogP contribution in [0.4, 0.5) is 19.0 Å². The summed E-state index contributed by atoms with van der Waals surface area (Å²) in [6.45, 7) is 0.321. The lowest BCUT2D eigenvalue weighted by atomic mass is 10.1. The van der Waals surface area contributed by atoms with Crippen molar-refractivity contribution in [1.29, 1.82) is 5.41 Å². The lowest BCUT2D eigenvalue weighted by Gasteiger charge is -2.07. The van der Waals surface area contributed by atoms with Crippen molar-refractivity contribution in [2.45, 2.75) is 12.7 Å². The van der Waals surface area contributed by atoms with E-state index < -0.39 is 11.9 Å². The van der Waals surface area contributed by atoms with Gasteiger partial charge in [-0.15, -0.1) is 0 Å². The molecule has 162 valence electrons. The molecular formula is C19H18ClF3N8. The summed E-state index contributed by atoms with van der Waals surface area (Å²) in [6, 6.07) is 6.97. The molecule has 0 fully saturated rings. The highest BCUT2D eigenvalue weighted by Crippen LogP contribution is 2.30. The van der Waals surface area contributed by atoms with Crippen molar-refractivity contribution in [2.75, 3.05) is 12.4 Å². The molecule has 0 saturated heterocycles. The molecule has 8 nitrogen and oxygen atoms in total. The molecule has 0 aliphatic rings. The Kier molecular flexibility index (Phi) is 5.00. The molecule has 0 atom stereocenters. The van der Waals surface area contributed by atoms with Crippen LogP contribution in [0.15, 0.2) is 30.5 Å². The van der Waals surface area contributed by atoms with Crippen molar-refractivity contribution < 1.29 is 13.2 Å². The van der Waals surface area contributed by atoms with Crippen molar-refractivity contribution in [3.05, 3.63) is 52.6 Å². The van der Waals surface area contributed by atoms with Crippen molar-refractivity contribution in [1.82, 2.24) is 28.7 Å². The Bertz CT molecular complexity index is 1330. The summed E-state index contributed by atoms with van der Waals surface area (Å²) in [4.78, 5) is 12.1. The van der Waals surface area contributed by atoms with Crippen LogP contribution in [0.25, 0.3) is 22.6 Å². The smallest absolute Gasteiger partial charge is 0.371 e. The van der Waals surface area contributed by atoms with E-state index in [-0.39, 0.29) is 16.7 Å². The van der Waals surface area contributed by atoms with E-state index in [0.717, 1.165) is 11.8 Å². The quantitative estimate of drug-likeness (QED) is 0.466. The molecule has 3 heterocycles. The zero-order chi connectivity index (χ0) is 22.5. The molecule has 0 aliphatic heterocycles. The second-order valence-electron chi connectivity index (χ2n) is 6.99. The highest BCUT2D eigenvalue weighted by molar-refractivity contribution is 6.28. The summed E-state index contributed by atoms with van der Waals surface area (Å²) in [6.07, 6.45) is -3.54. The molecule has 2 N–H and O–H groups in total. The van der Waals surface area contributed by atoms with E-state index in [1.807, 2.05) is 0 Å². The Morgan fingerprint density at radius 1 is 1.10 bits per heavy atom. The van der Waals surface area contributed by atoms with Gasteiger partial charge in [-0.2, -0.15) is 23.1 Å². The topological polar surface area (TPSA) is 89.3 Å². The van der Waals surface area contributed by atoms with Gasteiger partial charge in [0.1, 0.15) is 11.3 Å². The third-order valence-electron chi connectivity index (χ3n) is 4.96. The Labute approximate surface area is 179 Å². The summed E-state index contributed by atoms with van der Waals surface area (Å²) in [5.41, 5.74) is 1.79. The first-order valence-corrected chi connectivity index (χ1v) is 9.53. The van der Waals surface area contributed by atoms with Crippen LogP contribution in [0.1, 0.15) is 11.3 Å². The molecule has 12 heteroatoms. The Morgan fingerprint density at radius 2 is 1.77 bits per heavy atom. The van der Waals surface area contributed by atoms with E-state index in [1.165, 1.54) is 11.6 Å². The van der Waals surface area contributed by atoms with Crippen LogP contribution < -0.4 is 10.9 Å². The molecule has 31 heavy (non-hydrogen) atoms. The van der Waals surface area contributed by atoms with Gasteiger partial charge in [0.05, 0.1) is 6.54 Å². The number of imidazole rings is 2. The molecular weight excluding hydrogens is 433 g/mol. The van der Waals surface area contributed by atoms with Gasteiger partial charge in [-0.3, -0.25) is 9.98 Å². The first-order chi connectivity index (χ1) is 14.6. The van der Waals surface area contributed by atoms with Gasteiger partial charge in [-0.25, -0.2) is 4.98 Å². The number of benzene rings is 1. The zero-order valence-corrected chi connectivity index (χ0v) is 17.5. The first-order valence-electron chi connectivity index (χ1n) is 9.15. The highest BCUT2D eigenvalue weighted by Gasteiger charge is 2.34. The molecule has 4 rings (SSSR count). The zero-order valence-electron chi connectivity index (χ0n) is 16.8. The molecule has 3 aromatic heterocycles. The molecule has 0 saturated carbocycles. The minimum atomic E-state index is -4.50. The number of fused-ring (bicyclic) bond motifs is 1. The summed E-state index contributed by atoms with van der Waals surface area (Å²) in [5, 5.41) is 11.5. The fourth-order valence-electron chi connectivity index (χ4n) is 3.44. The monoisotopic (exact) mass is 450 g/mol. The molecule has 1 aromatic carbocycles. The third-order valence-corrected chi connectivity index (χ3v) is 5.13. The number of nitrogens with one attached hydrogen (secondary N) is 2. The summed E-state index contributed by atoms with van der Waals surface area (Å²) in [5.74, 6) is 0.728. The average Bonchev–Trinajstić information content (AvgIpc) is 3.22. The second kappa shape index (κ2) is 7.41. The van der Waals surface area contributed by atoms with Gasteiger partial charge in [-0.05, 0) is 17.2 Å². The lowest BCUT2D eigenvalue weighted by molar-refractivity contribution is -0.140. The van der Waals surface area contributed by atoms with E-state index in [0.29, 0.717) is 29.1 Å². The van der Waals surface area contributed by atoms with E-state index in [4.69, 9.17) is 17.0 Å². The number of rotatable bonds is 4. The van der Waals surface area contributed by atoms with Crippen molar-refractivity contribution in [3.8, 4) is 11.4 Å². The summed E-state index contributed by atoms with van der Waals surface area (Å²) < 4.78 is 43.5. The highest BCUT2D eigenvalue weighted by atomic mass is 35.5. The average molecular weight is 451 g/mol. The van der Waals surface area contributed by atoms with E-state index in [9.17, 15) is 13.2 Å². The fraction of sp³-hybridized carbons (Fsp3) is 0.263. The minimum Gasteiger partial charge on any atom is -0.371 e. The van der Waals surface area contributed by atoms with Gasteiger partial charge < -0.3 is 14.5 Å². The van der Waals surface area contributed by atoms with Gasteiger partial charge in [0, 0.05) is 32.9 Å². The van der Waals surface area contributed by atoms with Crippen LogP contribution in [0.2, 0.25) is 5.28 Å². The maximum absolute atomic E-state index is 12.9. The van der Waals surface area contributed by atoms with Crippen LogP contribution >= 0.6 is 11.6 Å². The number of halogens is 4. The van der Waals surface area contributed by atoms with Crippen molar-refractivity contribution >= 4 is 28.6 Å². The first kappa shape index (κ1) is 20.9. The largest absolute Gasteiger partial charge is 0.434 e. The predicted octanol–water partition coefficient (Wildman–Crippen LogP) is 3.41. The van der Waals surface area contributed by atoms with Crippen LogP contribution in [0, 0.1) is 5.41 Å². The molecule has 0 bridgehead atoms. The second-order valence-corrected chi connectivity index (χ2v) is 7.33. The van der Waals surface area contributed by atoms with Crippen molar-refractivity contribution in [3.63, 3.8) is 0 Å². The molecule has 0 radical (unpaired) electrons. The van der Waals surface area contributed by atoms with Crippen LogP contribution in [-0.2, 0) is 26.8 Å². The molecule has 0 unspecified atom stereocenters. The number of hydrogen-bond acceptors (Lipinski definition) is 5. The van der Waals surface area contributed by atoms with E-state index in [2.05, 4.69) is 20.3 Å². The number of aromatic nitrogens is 6. The predicted molar refractivity (Wildman–Crippen MR) is 110 cm³/mol. The molecule has 0 amide bonds. The lowest BCUT2D eigenvalue weighted by Crippen LogP contribution is -2.23. The summed E-state index contributed by atoms with van der Waals surface area (Å²) >= 11 is 6.04. The minimum absolute atomic E-state index is 0.0572. The number of hydrogen-bond donors (Lipinski definition) is 2. The van der Waals surface area contributed by atoms with Crippen LogP contribution in [0.5, 0.6) is 0 Å². The Balaban J connectivity index is 1.70. The number of nitrogens with zero attached hydrogens (tertiary/aromatic N) is 6. The maximum Gasteiger partial charge on any atom is 0.434 e. The van der Waals surface area contributed by atoms with Gasteiger partial charge in [0.25, 0.3) is 0 Å². The number of aryl methyl sites for hydroxylation is 2. The van der Waals surface area contributed by atoms with Crippen molar-refractivity contribution in [2.24, 2.45) is 14.1 Å². The third kappa shape index (κ3) is 3.65. The van der Waals surface area contributed by atoms with Gasteiger partial charge in [0.2, 0.25) is 10.9 Å². The van der Waals surface area contributed by atoms with Gasteiger partial charge in [-0.1, -0.05) is 24.3 Å². The number of alkyl halides is 3. The van der Waals surface area contributed by atoms with E-state index in [1.54, 1.807) is 47.5 Å². The van der Waals surface area contributed by atoms with Crippen LogP contribution in [-0.4, -0.2) is 35.7 Å². The normalized spacial score (nSPS) is 12.0.